The van der Waals surface area contributed by atoms with Crippen LogP contribution >= 0.6 is 12.4 Å². The Kier molecular flexibility index (Phi) is 5.25. The van der Waals surface area contributed by atoms with Crippen LogP contribution in [0.5, 0.6) is 5.75 Å². The number of halogens is 1. The lowest BCUT2D eigenvalue weighted by molar-refractivity contribution is -0.120. The van der Waals surface area contributed by atoms with E-state index in [1.165, 1.54) is 0 Å². The maximum atomic E-state index is 11.9. The zero-order valence-corrected chi connectivity index (χ0v) is 10.3. The van der Waals surface area contributed by atoms with Gasteiger partial charge in [0.2, 0.25) is 5.91 Å². The minimum Gasteiger partial charge on any atom is -0.508 e. The molecule has 0 saturated carbocycles. The van der Waals surface area contributed by atoms with Crippen molar-refractivity contribution in [2.24, 2.45) is 5.92 Å². The predicted octanol–water partition coefficient (Wildman–Crippen LogP) is 1.75. The molecule has 1 aliphatic heterocycles. The first kappa shape index (κ1) is 13.8. The highest BCUT2D eigenvalue weighted by Gasteiger charge is 2.20. The van der Waals surface area contributed by atoms with Crippen molar-refractivity contribution in [1.82, 2.24) is 5.32 Å². The molecule has 1 aromatic carbocycles. The molecule has 0 aliphatic carbocycles. The topological polar surface area (TPSA) is 61.4 Å². The zero-order valence-electron chi connectivity index (χ0n) is 9.48. The number of phenols is 1. The van der Waals surface area contributed by atoms with Gasteiger partial charge in [-0.1, -0.05) is 6.07 Å². The van der Waals surface area contributed by atoms with Crippen LogP contribution < -0.4 is 10.6 Å². The van der Waals surface area contributed by atoms with E-state index in [0.717, 1.165) is 25.9 Å². The summed E-state index contributed by atoms with van der Waals surface area (Å²) in [6, 6.07) is 6.63. The van der Waals surface area contributed by atoms with E-state index in [9.17, 15) is 9.90 Å². The minimum atomic E-state index is 0. The van der Waals surface area contributed by atoms with E-state index in [2.05, 4.69) is 10.6 Å². The molecule has 0 bridgehead atoms. The van der Waals surface area contributed by atoms with Crippen molar-refractivity contribution in [1.29, 1.82) is 0 Å². The molecule has 1 saturated heterocycles. The van der Waals surface area contributed by atoms with Crippen LogP contribution in [0.15, 0.2) is 24.3 Å². The average molecular weight is 257 g/mol. The van der Waals surface area contributed by atoms with E-state index in [1.807, 2.05) is 0 Å². The molecule has 17 heavy (non-hydrogen) atoms. The van der Waals surface area contributed by atoms with Gasteiger partial charge >= 0.3 is 0 Å². The summed E-state index contributed by atoms with van der Waals surface area (Å²) in [5, 5.41) is 15.3. The number of aromatic hydroxyl groups is 1. The lowest BCUT2D eigenvalue weighted by Gasteiger charge is -2.21. The Morgan fingerprint density at radius 2 is 2.06 bits per heavy atom. The maximum absolute atomic E-state index is 11.9. The van der Waals surface area contributed by atoms with Crippen molar-refractivity contribution >= 4 is 24.0 Å². The van der Waals surface area contributed by atoms with Crippen LogP contribution in [0.1, 0.15) is 12.8 Å². The normalized spacial score (nSPS) is 16.0. The third kappa shape index (κ3) is 3.91. The molecule has 0 spiro atoms. The van der Waals surface area contributed by atoms with Crippen molar-refractivity contribution in [3.63, 3.8) is 0 Å². The minimum absolute atomic E-state index is 0. The van der Waals surface area contributed by atoms with Gasteiger partial charge in [-0.2, -0.15) is 0 Å². The first-order valence-corrected chi connectivity index (χ1v) is 5.56. The molecular formula is C12H17ClN2O2. The Bertz CT molecular complexity index is 379. The second-order valence-electron chi connectivity index (χ2n) is 4.06. The number of amides is 1. The zero-order chi connectivity index (χ0) is 11.4. The number of hydrogen-bond donors (Lipinski definition) is 3. The van der Waals surface area contributed by atoms with Gasteiger partial charge in [0.1, 0.15) is 5.75 Å². The third-order valence-electron chi connectivity index (χ3n) is 2.82. The van der Waals surface area contributed by atoms with E-state index in [4.69, 9.17) is 0 Å². The molecule has 1 amide bonds. The molecule has 0 radical (unpaired) electrons. The van der Waals surface area contributed by atoms with Gasteiger partial charge in [-0.05, 0) is 38.1 Å². The van der Waals surface area contributed by atoms with Crippen LogP contribution in [0.2, 0.25) is 0 Å². The van der Waals surface area contributed by atoms with Crippen LogP contribution in [-0.2, 0) is 4.79 Å². The standard InChI is InChI=1S/C12H16N2O2.ClH/c15-11-3-1-2-10(8-11)14-12(16)9-4-6-13-7-5-9;/h1-3,8-9,13,15H,4-7H2,(H,14,16);1H. The second kappa shape index (κ2) is 6.47. The summed E-state index contributed by atoms with van der Waals surface area (Å²) >= 11 is 0. The summed E-state index contributed by atoms with van der Waals surface area (Å²) in [4.78, 5) is 11.9. The van der Waals surface area contributed by atoms with Gasteiger partial charge in [-0.25, -0.2) is 0 Å². The van der Waals surface area contributed by atoms with Crippen LogP contribution in [-0.4, -0.2) is 24.1 Å². The number of carbonyl (C=O) groups is 1. The largest absolute Gasteiger partial charge is 0.508 e. The highest BCUT2D eigenvalue weighted by molar-refractivity contribution is 5.92. The Hall–Kier alpha value is -1.26. The quantitative estimate of drug-likeness (QED) is 0.756. The number of nitrogens with one attached hydrogen (secondary N) is 2. The first-order valence-electron chi connectivity index (χ1n) is 5.56. The van der Waals surface area contributed by atoms with Crippen molar-refractivity contribution in [3.05, 3.63) is 24.3 Å². The van der Waals surface area contributed by atoms with Gasteiger partial charge in [-0.3, -0.25) is 4.79 Å². The predicted molar refractivity (Wildman–Crippen MR) is 69.6 cm³/mol. The smallest absolute Gasteiger partial charge is 0.227 e. The number of rotatable bonds is 2. The number of piperidine rings is 1. The molecule has 94 valence electrons. The molecule has 4 nitrogen and oxygen atoms in total. The van der Waals surface area contributed by atoms with Crippen molar-refractivity contribution in [2.45, 2.75) is 12.8 Å². The first-order chi connectivity index (χ1) is 7.75. The molecular weight excluding hydrogens is 240 g/mol. The van der Waals surface area contributed by atoms with E-state index in [1.54, 1.807) is 24.3 Å². The van der Waals surface area contributed by atoms with Gasteiger partial charge in [0, 0.05) is 17.7 Å². The molecule has 3 N–H and O–H groups in total. The van der Waals surface area contributed by atoms with Crippen LogP contribution in [0.25, 0.3) is 0 Å². The van der Waals surface area contributed by atoms with Gasteiger partial charge in [-0.15, -0.1) is 12.4 Å². The number of anilines is 1. The number of hydrogen-bond acceptors (Lipinski definition) is 3. The van der Waals surface area contributed by atoms with Gasteiger partial charge in [0.25, 0.3) is 0 Å². The summed E-state index contributed by atoms with van der Waals surface area (Å²) in [5.74, 6) is 0.304. The fourth-order valence-corrected chi connectivity index (χ4v) is 1.91. The highest BCUT2D eigenvalue weighted by Crippen LogP contribution is 2.18. The molecule has 1 aromatic rings. The molecule has 1 fully saturated rings. The van der Waals surface area contributed by atoms with Gasteiger partial charge in [0.05, 0.1) is 0 Å². The highest BCUT2D eigenvalue weighted by atomic mass is 35.5. The number of benzene rings is 1. The van der Waals surface area contributed by atoms with Gasteiger partial charge < -0.3 is 15.7 Å². The lowest BCUT2D eigenvalue weighted by Crippen LogP contribution is -2.34. The van der Waals surface area contributed by atoms with Crippen molar-refractivity contribution in [2.75, 3.05) is 18.4 Å². The Labute approximate surface area is 107 Å². The van der Waals surface area contributed by atoms with Crippen LogP contribution in [0.3, 0.4) is 0 Å². The average Bonchev–Trinajstić information content (AvgIpc) is 2.30. The molecule has 1 aliphatic rings. The second-order valence-corrected chi connectivity index (χ2v) is 4.06. The van der Waals surface area contributed by atoms with E-state index < -0.39 is 0 Å². The van der Waals surface area contributed by atoms with E-state index in [0.29, 0.717) is 5.69 Å². The number of carbonyl (C=O) groups excluding carboxylic acids is 1. The van der Waals surface area contributed by atoms with E-state index in [-0.39, 0.29) is 30.0 Å². The molecule has 5 heteroatoms. The summed E-state index contributed by atoms with van der Waals surface area (Å²) in [6.45, 7) is 1.80. The summed E-state index contributed by atoms with van der Waals surface area (Å²) in [5.41, 5.74) is 0.656. The summed E-state index contributed by atoms with van der Waals surface area (Å²) < 4.78 is 0. The van der Waals surface area contributed by atoms with E-state index >= 15 is 0 Å². The Balaban J connectivity index is 0.00000144. The fraction of sp³-hybridized carbons (Fsp3) is 0.417. The van der Waals surface area contributed by atoms with Gasteiger partial charge in [0.15, 0.2) is 0 Å². The summed E-state index contributed by atoms with van der Waals surface area (Å²) in [7, 11) is 0. The Morgan fingerprint density at radius 1 is 1.35 bits per heavy atom. The lowest BCUT2D eigenvalue weighted by atomic mass is 9.97. The SMILES string of the molecule is Cl.O=C(Nc1cccc(O)c1)C1CCNCC1. The van der Waals surface area contributed by atoms with Crippen LogP contribution in [0.4, 0.5) is 5.69 Å². The molecule has 1 heterocycles. The Morgan fingerprint density at radius 3 is 2.71 bits per heavy atom. The molecule has 0 aromatic heterocycles. The third-order valence-corrected chi connectivity index (χ3v) is 2.82. The number of phenolic OH excluding ortho intramolecular Hbond substituents is 1. The molecule has 0 atom stereocenters. The fourth-order valence-electron chi connectivity index (χ4n) is 1.91. The monoisotopic (exact) mass is 256 g/mol. The van der Waals surface area contributed by atoms with Crippen LogP contribution in [0, 0.1) is 5.92 Å². The summed E-state index contributed by atoms with van der Waals surface area (Å²) in [6.07, 6.45) is 1.76. The molecule has 0 unspecified atom stereocenters. The van der Waals surface area contributed by atoms with Crippen molar-refractivity contribution < 1.29 is 9.90 Å². The molecule has 2 rings (SSSR count). The maximum Gasteiger partial charge on any atom is 0.227 e. The van der Waals surface area contributed by atoms with Crippen molar-refractivity contribution in [3.8, 4) is 5.75 Å².